The average molecular weight is 222 g/mol. The third-order valence-corrected chi connectivity index (χ3v) is 3.38. The van der Waals surface area contributed by atoms with Crippen LogP contribution < -0.4 is 5.32 Å². The summed E-state index contributed by atoms with van der Waals surface area (Å²) in [5.74, 6) is 0.173. The van der Waals surface area contributed by atoms with E-state index in [2.05, 4.69) is 17.2 Å². The molecule has 2 rings (SSSR count). The van der Waals surface area contributed by atoms with Crippen molar-refractivity contribution in [3.63, 3.8) is 0 Å². The fraction of sp³-hybridized carbons (Fsp3) is 0.615. The Labute approximate surface area is 96.3 Å². The summed E-state index contributed by atoms with van der Waals surface area (Å²) < 4.78 is 13.6. The summed E-state index contributed by atoms with van der Waals surface area (Å²) in [6.45, 7) is 3.18. The zero-order chi connectivity index (χ0) is 11.4. The van der Waals surface area contributed by atoms with Gasteiger partial charge in [0, 0.05) is 18.2 Å². The lowest BCUT2D eigenvalue weighted by Crippen LogP contribution is -2.32. The second-order valence-corrected chi connectivity index (χ2v) is 4.50. The number of halogens is 1. The van der Waals surface area contributed by atoms with Crippen LogP contribution in [-0.2, 0) is 0 Å². The molecule has 16 heavy (non-hydrogen) atoms. The first kappa shape index (κ1) is 11.5. The summed E-state index contributed by atoms with van der Waals surface area (Å²) in [6, 6.07) is 2.27. The summed E-state index contributed by atoms with van der Waals surface area (Å²) in [5, 5.41) is 3.52. The molecule has 2 atom stereocenters. The monoisotopic (exact) mass is 222 g/mol. The van der Waals surface area contributed by atoms with Gasteiger partial charge >= 0.3 is 0 Å². The Morgan fingerprint density at radius 2 is 2.38 bits per heavy atom. The van der Waals surface area contributed by atoms with Crippen molar-refractivity contribution in [3.8, 4) is 0 Å². The third-order valence-electron chi connectivity index (χ3n) is 3.38. The summed E-state index contributed by atoms with van der Waals surface area (Å²) >= 11 is 0. The minimum Gasteiger partial charge on any atom is -0.313 e. The van der Waals surface area contributed by atoms with Gasteiger partial charge in [-0.25, -0.2) is 4.39 Å². The molecule has 1 aliphatic carbocycles. The molecule has 0 bridgehead atoms. The zero-order valence-electron chi connectivity index (χ0n) is 9.75. The van der Waals surface area contributed by atoms with Crippen molar-refractivity contribution in [2.24, 2.45) is 0 Å². The maximum atomic E-state index is 13.6. The molecular weight excluding hydrogens is 203 g/mol. The summed E-state index contributed by atoms with van der Waals surface area (Å²) in [7, 11) is 0. The molecule has 1 N–H and O–H groups in total. The molecule has 88 valence electrons. The van der Waals surface area contributed by atoms with Crippen LogP contribution in [0.4, 0.5) is 4.39 Å². The fourth-order valence-electron chi connectivity index (χ4n) is 2.59. The predicted octanol–water partition coefficient (Wildman–Crippen LogP) is 2.86. The smallest absolute Gasteiger partial charge is 0.145 e. The minimum atomic E-state index is -0.155. The number of pyridine rings is 1. The lowest BCUT2D eigenvalue weighted by atomic mass is 9.94. The van der Waals surface area contributed by atoms with Crippen molar-refractivity contribution >= 4 is 0 Å². The van der Waals surface area contributed by atoms with Crippen LogP contribution in [0.2, 0.25) is 0 Å². The van der Waals surface area contributed by atoms with Gasteiger partial charge in [-0.3, -0.25) is 4.98 Å². The lowest BCUT2D eigenvalue weighted by molar-refractivity contribution is 0.463. The van der Waals surface area contributed by atoms with Crippen molar-refractivity contribution in [2.75, 3.05) is 6.54 Å². The fourth-order valence-corrected chi connectivity index (χ4v) is 2.59. The molecule has 3 heteroatoms. The summed E-state index contributed by atoms with van der Waals surface area (Å²) in [6.07, 6.45) is 7.57. The van der Waals surface area contributed by atoms with Gasteiger partial charge in [-0.05, 0) is 37.4 Å². The molecule has 1 aromatic rings. The number of hydrogen-bond acceptors (Lipinski definition) is 2. The van der Waals surface area contributed by atoms with E-state index in [1.165, 1.54) is 12.6 Å². The van der Waals surface area contributed by atoms with Gasteiger partial charge < -0.3 is 5.32 Å². The molecule has 0 aliphatic heterocycles. The highest BCUT2D eigenvalue weighted by Crippen LogP contribution is 2.35. The molecule has 1 aliphatic rings. The number of hydrogen-bond donors (Lipinski definition) is 1. The van der Waals surface area contributed by atoms with Crippen LogP contribution in [-0.4, -0.2) is 17.6 Å². The van der Waals surface area contributed by atoms with Gasteiger partial charge in [0.15, 0.2) is 0 Å². The van der Waals surface area contributed by atoms with E-state index in [0.717, 1.165) is 31.4 Å². The van der Waals surface area contributed by atoms with Crippen molar-refractivity contribution < 1.29 is 4.39 Å². The molecule has 1 fully saturated rings. The molecule has 1 aromatic heterocycles. The lowest BCUT2D eigenvalue weighted by Gasteiger charge is -2.21. The molecule has 0 radical (unpaired) electrons. The van der Waals surface area contributed by atoms with E-state index in [1.54, 1.807) is 6.20 Å². The van der Waals surface area contributed by atoms with E-state index in [9.17, 15) is 4.39 Å². The van der Waals surface area contributed by atoms with E-state index >= 15 is 0 Å². The van der Waals surface area contributed by atoms with E-state index in [0.29, 0.717) is 12.0 Å². The van der Waals surface area contributed by atoms with Gasteiger partial charge in [0.1, 0.15) is 5.82 Å². The zero-order valence-corrected chi connectivity index (χ0v) is 9.75. The van der Waals surface area contributed by atoms with Crippen molar-refractivity contribution in [1.29, 1.82) is 0 Å². The van der Waals surface area contributed by atoms with Gasteiger partial charge in [0.05, 0.1) is 6.20 Å². The Morgan fingerprint density at radius 1 is 1.50 bits per heavy atom. The maximum Gasteiger partial charge on any atom is 0.145 e. The highest BCUT2D eigenvalue weighted by molar-refractivity contribution is 5.21. The second-order valence-electron chi connectivity index (χ2n) is 4.50. The van der Waals surface area contributed by atoms with Crippen molar-refractivity contribution in [2.45, 2.75) is 44.6 Å². The third kappa shape index (κ3) is 2.40. The first-order valence-corrected chi connectivity index (χ1v) is 6.15. The Balaban J connectivity index is 2.10. The van der Waals surface area contributed by atoms with Gasteiger partial charge in [0.25, 0.3) is 0 Å². The van der Waals surface area contributed by atoms with Gasteiger partial charge in [0.2, 0.25) is 0 Å². The Morgan fingerprint density at radius 3 is 3.12 bits per heavy atom. The van der Waals surface area contributed by atoms with E-state index in [-0.39, 0.29) is 5.82 Å². The first-order chi connectivity index (χ1) is 7.83. The normalized spacial score (nSPS) is 24.9. The first-order valence-electron chi connectivity index (χ1n) is 6.15. The minimum absolute atomic E-state index is 0.155. The predicted molar refractivity (Wildman–Crippen MR) is 62.9 cm³/mol. The molecule has 0 spiro atoms. The van der Waals surface area contributed by atoms with Gasteiger partial charge in [-0.2, -0.15) is 0 Å². The standard InChI is InChI=1S/C13H19FN2/c1-2-7-16-13-5-3-4-11(13)10-6-8-15-9-12(10)14/h6,8-9,11,13,16H,2-5,7H2,1H3. The Kier molecular flexibility index (Phi) is 3.88. The number of nitrogens with zero attached hydrogens (tertiary/aromatic N) is 1. The SMILES string of the molecule is CCCNC1CCCC1c1ccncc1F. The van der Waals surface area contributed by atoms with Crippen LogP contribution >= 0.6 is 0 Å². The van der Waals surface area contributed by atoms with Gasteiger partial charge in [-0.15, -0.1) is 0 Å². The van der Waals surface area contributed by atoms with E-state index in [4.69, 9.17) is 0 Å². The molecule has 0 aromatic carbocycles. The van der Waals surface area contributed by atoms with E-state index < -0.39 is 0 Å². The number of nitrogens with one attached hydrogen (secondary N) is 1. The van der Waals surface area contributed by atoms with Gasteiger partial charge in [-0.1, -0.05) is 13.3 Å². The maximum absolute atomic E-state index is 13.6. The van der Waals surface area contributed by atoms with E-state index in [1.807, 2.05) is 6.07 Å². The van der Waals surface area contributed by atoms with Crippen LogP contribution in [0, 0.1) is 5.82 Å². The Bertz CT molecular complexity index is 340. The topological polar surface area (TPSA) is 24.9 Å². The van der Waals surface area contributed by atoms with Crippen LogP contribution in [0.5, 0.6) is 0 Å². The highest BCUT2D eigenvalue weighted by Gasteiger charge is 2.29. The number of aromatic nitrogens is 1. The van der Waals surface area contributed by atoms with Crippen LogP contribution in [0.15, 0.2) is 18.5 Å². The molecule has 2 nitrogen and oxygen atoms in total. The van der Waals surface area contributed by atoms with Crippen molar-refractivity contribution in [3.05, 3.63) is 29.8 Å². The molecule has 1 saturated carbocycles. The Hall–Kier alpha value is -0.960. The molecular formula is C13H19FN2. The van der Waals surface area contributed by atoms with Crippen LogP contribution in [0.25, 0.3) is 0 Å². The summed E-state index contributed by atoms with van der Waals surface area (Å²) in [4.78, 5) is 3.81. The van der Waals surface area contributed by atoms with Crippen molar-refractivity contribution in [1.82, 2.24) is 10.3 Å². The molecule has 0 saturated heterocycles. The molecule has 1 heterocycles. The molecule has 2 unspecified atom stereocenters. The van der Waals surface area contributed by atoms with Crippen LogP contribution in [0.1, 0.15) is 44.1 Å². The summed E-state index contributed by atoms with van der Waals surface area (Å²) in [5.41, 5.74) is 0.834. The second kappa shape index (κ2) is 5.39. The largest absolute Gasteiger partial charge is 0.313 e. The highest BCUT2D eigenvalue weighted by atomic mass is 19.1. The van der Waals surface area contributed by atoms with Crippen LogP contribution in [0.3, 0.4) is 0 Å². The number of rotatable bonds is 4. The quantitative estimate of drug-likeness (QED) is 0.847. The average Bonchev–Trinajstić information content (AvgIpc) is 2.75. The molecule has 0 amide bonds.